The van der Waals surface area contributed by atoms with Crippen LogP contribution in [0.3, 0.4) is 0 Å². The van der Waals surface area contributed by atoms with Crippen molar-refractivity contribution in [1.29, 1.82) is 0 Å². The summed E-state index contributed by atoms with van der Waals surface area (Å²) in [5.74, 6) is 0. The lowest BCUT2D eigenvalue weighted by Gasteiger charge is -2.41. The minimum absolute atomic E-state index is 0.175. The molecule has 1 heterocycles. The first-order chi connectivity index (χ1) is 18.4. The van der Waals surface area contributed by atoms with Gasteiger partial charge in [0.25, 0.3) is 0 Å². The number of aryl methyl sites for hydroxylation is 1. The summed E-state index contributed by atoms with van der Waals surface area (Å²) in [5, 5.41) is 51.2. The van der Waals surface area contributed by atoms with Gasteiger partial charge in [0.15, 0.2) is 0 Å². The molecule has 0 aliphatic carbocycles. The van der Waals surface area contributed by atoms with Gasteiger partial charge in [0.1, 0.15) is 43.2 Å². The Hall–Kier alpha value is -1.80. The van der Waals surface area contributed by atoms with Crippen LogP contribution in [0.2, 0.25) is 5.02 Å². The third kappa shape index (κ3) is 8.84. The maximum absolute atomic E-state index is 12.2. The van der Waals surface area contributed by atoms with Gasteiger partial charge in [0.05, 0.1) is 26.4 Å². The Morgan fingerprint density at radius 1 is 0.949 bits per heavy atom. The van der Waals surface area contributed by atoms with Gasteiger partial charge in [0.2, 0.25) is 0 Å². The molecule has 218 valence electrons. The molecule has 0 aromatic heterocycles. The number of aliphatic hydroxyl groups excluding tert-OH is 5. The van der Waals surface area contributed by atoms with Gasteiger partial charge in [-0.1, -0.05) is 48.9 Å². The van der Waals surface area contributed by atoms with Crippen LogP contribution in [0.5, 0.6) is 0 Å². The van der Waals surface area contributed by atoms with E-state index in [1.807, 2.05) is 31.2 Å². The maximum Gasteiger partial charge on any atom is 0.411 e. The standard InChI is InChI=1S/C27H34ClF3O8/c1-2-15-3-5-16(6-4-15)7-17-8-20(26-25(36)24(35)23(34)22(10-32)39-26)18(9-21(17)28)11-37-12-19(33)13-38-14-27(29,30)31/h3-6,8-9,19,22-26,32-36H,2,7,10-14H2,1H3/t19?,22-,23-,24+,25-,26+/m1/s1. The minimum Gasteiger partial charge on any atom is -0.394 e. The third-order valence-corrected chi connectivity index (χ3v) is 6.83. The van der Waals surface area contributed by atoms with E-state index in [-0.39, 0.29) is 13.2 Å². The minimum atomic E-state index is -4.52. The van der Waals surface area contributed by atoms with E-state index in [1.165, 1.54) is 5.56 Å². The van der Waals surface area contributed by atoms with E-state index in [1.54, 1.807) is 12.1 Å². The Kier molecular flexibility index (Phi) is 11.6. The Balaban J connectivity index is 1.83. The van der Waals surface area contributed by atoms with Gasteiger partial charge in [-0.05, 0) is 46.7 Å². The van der Waals surface area contributed by atoms with Gasteiger partial charge in [-0.3, -0.25) is 0 Å². The number of hydrogen-bond donors (Lipinski definition) is 5. The normalized spacial score (nSPS) is 24.6. The second-order valence-electron chi connectivity index (χ2n) is 9.54. The summed E-state index contributed by atoms with van der Waals surface area (Å²) >= 11 is 6.58. The molecule has 0 spiro atoms. The zero-order valence-corrected chi connectivity index (χ0v) is 22.1. The lowest BCUT2D eigenvalue weighted by molar-refractivity contribution is -0.232. The zero-order chi connectivity index (χ0) is 28.7. The summed E-state index contributed by atoms with van der Waals surface area (Å²) in [7, 11) is 0. The lowest BCUT2D eigenvalue weighted by Crippen LogP contribution is -2.55. The molecule has 39 heavy (non-hydrogen) atoms. The van der Waals surface area contributed by atoms with Crippen LogP contribution < -0.4 is 0 Å². The second kappa shape index (κ2) is 14.2. The number of halogens is 4. The fourth-order valence-electron chi connectivity index (χ4n) is 4.34. The predicted octanol–water partition coefficient (Wildman–Crippen LogP) is 2.46. The average Bonchev–Trinajstić information content (AvgIpc) is 2.89. The fraction of sp³-hybridized carbons (Fsp3) is 0.556. The highest BCUT2D eigenvalue weighted by molar-refractivity contribution is 6.31. The molecule has 0 radical (unpaired) electrons. The van der Waals surface area contributed by atoms with Crippen molar-refractivity contribution >= 4 is 11.6 Å². The molecule has 0 bridgehead atoms. The lowest BCUT2D eigenvalue weighted by atomic mass is 9.87. The molecule has 2 aromatic rings. The predicted molar refractivity (Wildman–Crippen MR) is 135 cm³/mol. The molecule has 1 saturated heterocycles. The maximum atomic E-state index is 12.2. The Bertz CT molecular complexity index is 1050. The highest BCUT2D eigenvalue weighted by Gasteiger charge is 2.44. The quantitative estimate of drug-likeness (QED) is 0.260. The topological polar surface area (TPSA) is 129 Å². The molecule has 1 fully saturated rings. The van der Waals surface area contributed by atoms with Gasteiger partial charge in [-0.25, -0.2) is 0 Å². The summed E-state index contributed by atoms with van der Waals surface area (Å²) < 4.78 is 52.4. The van der Waals surface area contributed by atoms with Crippen molar-refractivity contribution in [1.82, 2.24) is 0 Å². The first-order valence-electron chi connectivity index (χ1n) is 12.5. The Labute approximate surface area is 229 Å². The van der Waals surface area contributed by atoms with Crippen molar-refractivity contribution in [2.45, 2.75) is 69.2 Å². The summed E-state index contributed by atoms with van der Waals surface area (Å²) in [6.07, 6.45) is -11.5. The molecule has 12 heteroatoms. The number of hydrogen-bond acceptors (Lipinski definition) is 8. The van der Waals surface area contributed by atoms with Crippen molar-refractivity contribution < 1.29 is 52.9 Å². The number of benzene rings is 2. The molecule has 6 atom stereocenters. The molecule has 1 unspecified atom stereocenters. The molecule has 5 N–H and O–H groups in total. The first kappa shape index (κ1) is 31.7. The first-order valence-corrected chi connectivity index (χ1v) is 12.9. The van der Waals surface area contributed by atoms with E-state index in [2.05, 4.69) is 4.74 Å². The van der Waals surface area contributed by atoms with Crippen LogP contribution in [0.15, 0.2) is 36.4 Å². The molecule has 3 rings (SSSR count). The van der Waals surface area contributed by atoms with Crippen LogP contribution in [0, 0.1) is 0 Å². The van der Waals surface area contributed by atoms with E-state index < -0.39 is 62.6 Å². The SMILES string of the molecule is CCc1ccc(Cc2cc([C@@H]3O[C@H](CO)[C@@H](O)[C@H](O)[C@H]3O)c(COCC(O)COCC(F)(F)F)cc2Cl)cc1. The Morgan fingerprint density at radius 2 is 1.59 bits per heavy atom. The molecule has 0 saturated carbocycles. The molecule has 8 nitrogen and oxygen atoms in total. The highest BCUT2D eigenvalue weighted by atomic mass is 35.5. The average molecular weight is 579 g/mol. The number of ether oxygens (including phenoxy) is 3. The van der Waals surface area contributed by atoms with Crippen LogP contribution in [-0.2, 0) is 33.7 Å². The molecular weight excluding hydrogens is 545 g/mol. The van der Waals surface area contributed by atoms with Gasteiger partial charge < -0.3 is 39.7 Å². The van der Waals surface area contributed by atoms with Gasteiger partial charge >= 0.3 is 6.18 Å². The molecular formula is C27H34ClF3O8. The summed E-state index contributed by atoms with van der Waals surface area (Å²) in [6, 6.07) is 11.2. The van der Waals surface area contributed by atoms with Crippen molar-refractivity contribution in [2.75, 3.05) is 26.4 Å². The van der Waals surface area contributed by atoms with Gasteiger partial charge in [0, 0.05) is 5.02 Å². The van der Waals surface area contributed by atoms with E-state index >= 15 is 0 Å². The summed E-state index contributed by atoms with van der Waals surface area (Å²) in [5.41, 5.74) is 3.61. The van der Waals surface area contributed by atoms with Crippen molar-refractivity contribution in [3.8, 4) is 0 Å². The van der Waals surface area contributed by atoms with E-state index in [9.17, 15) is 38.7 Å². The molecule has 1 aliphatic heterocycles. The monoisotopic (exact) mass is 578 g/mol. The largest absolute Gasteiger partial charge is 0.411 e. The summed E-state index contributed by atoms with van der Waals surface area (Å²) in [4.78, 5) is 0. The van der Waals surface area contributed by atoms with Gasteiger partial charge in [-0.15, -0.1) is 0 Å². The van der Waals surface area contributed by atoms with Crippen LogP contribution in [-0.4, -0.2) is 88.7 Å². The smallest absolute Gasteiger partial charge is 0.394 e. The molecule has 2 aromatic carbocycles. The van der Waals surface area contributed by atoms with Crippen LogP contribution in [0.1, 0.15) is 40.8 Å². The number of alkyl halides is 3. The fourth-order valence-corrected chi connectivity index (χ4v) is 4.59. The number of aliphatic hydroxyl groups is 5. The third-order valence-electron chi connectivity index (χ3n) is 6.48. The van der Waals surface area contributed by atoms with E-state index in [4.69, 9.17) is 21.1 Å². The number of rotatable bonds is 12. The molecule has 0 amide bonds. The van der Waals surface area contributed by atoms with Crippen LogP contribution in [0.4, 0.5) is 13.2 Å². The summed E-state index contributed by atoms with van der Waals surface area (Å²) in [6.45, 7) is -1.17. The van der Waals surface area contributed by atoms with E-state index in [0.29, 0.717) is 28.1 Å². The van der Waals surface area contributed by atoms with Crippen LogP contribution in [0.25, 0.3) is 0 Å². The van der Waals surface area contributed by atoms with Gasteiger partial charge in [-0.2, -0.15) is 13.2 Å². The Morgan fingerprint density at radius 3 is 2.21 bits per heavy atom. The van der Waals surface area contributed by atoms with Crippen molar-refractivity contribution in [3.63, 3.8) is 0 Å². The van der Waals surface area contributed by atoms with E-state index in [0.717, 1.165) is 12.0 Å². The highest BCUT2D eigenvalue weighted by Crippen LogP contribution is 2.37. The zero-order valence-electron chi connectivity index (χ0n) is 21.4. The second-order valence-corrected chi connectivity index (χ2v) is 9.95. The van der Waals surface area contributed by atoms with Crippen LogP contribution >= 0.6 is 11.6 Å². The van der Waals surface area contributed by atoms with Crippen molar-refractivity contribution in [2.24, 2.45) is 0 Å². The van der Waals surface area contributed by atoms with Crippen molar-refractivity contribution in [3.05, 3.63) is 69.2 Å². The molecule has 1 aliphatic rings.